The first-order chi connectivity index (χ1) is 8.08. The zero-order valence-corrected chi connectivity index (χ0v) is 12.4. The maximum Gasteiger partial charge on any atom is 0.0542 e. The van der Waals surface area contributed by atoms with Crippen LogP contribution < -0.4 is 5.32 Å². The molecular formula is C13H16IN3. The van der Waals surface area contributed by atoms with Crippen molar-refractivity contribution in [2.75, 3.05) is 5.32 Å². The topological polar surface area (TPSA) is 29.9 Å². The predicted molar refractivity (Wildman–Crippen MR) is 79.2 cm³/mol. The molecule has 0 fully saturated rings. The highest BCUT2D eigenvalue weighted by Crippen LogP contribution is 2.18. The summed E-state index contributed by atoms with van der Waals surface area (Å²) >= 11 is 2.36. The molecule has 1 aromatic heterocycles. The van der Waals surface area contributed by atoms with Crippen molar-refractivity contribution in [3.63, 3.8) is 0 Å². The molecule has 2 rings (SSSR count). The van der Waals surface area contributed by atoms with Crippen molar-refractivity contribution in [3.8, 4) is 0 Å². The van der Waals surface area contributed by atoms with Crippen molar-refractivity contribution in [2.24, 2.45) is 7.05 Å². The Morgan fingerprint density at radius 1 is 1.35 bits per heavy atom. The molecule has 0 atom stereocenters. The van der Waals surface area contributed by atoms with E-state index in [2.05, 4.69) is 65.1 Å². The molecule has 1 aromatic carbocycles. The van der Waals surface area contributed by atoms with Gasteiger partial charge >= 0.3 is 0 Å². The van der Waals surface area contributed by atoms with Crippen molar-refractivity contribution in [3.05, 3.63) is 44.8 Å². The predicted octanol–water partition coefficient (Wildman–Crippen LogP) is 3.25. The van der Waals surface area contributed by atoms with Gasteiger partial charge in [-0.3, -0.25) is 4.68 Å². The molecule has 0 saturated carbocycles. The molecule has 3 nitrogen and oxygen atoms in total. The molecule has 0 unspecified atom stereocenters. The minimum atomic E-state index is 0.818. The number of hydrogen-bond acceptors (Lipinski definition) is 2. The monoisotopic (exact) mass is 341 g/mol. The Bertz CT molecular complexity index is 531. The Morgan fingerprint density at radius 2 is 2.12 bits per heavy atom. The average Bonchev–Trinajstić information content (AvgIpc) is 2.62. The molecule has 4 heteroatoms. The highest BCUT2D eigenvalue weighted by Gasteiger charge is 2.03. The normalized spacial score (nSPS) is 10.6. The lowest BCUT2D eigenvalue weighted by Gasteiger charge is -2.07. The highest BCUT2D eigenvalue weighted by atomic mass is 127. The Balaban J connectivity index is 2.07. The van der Waals surface area contributed by atoms with Crippen LogP contribution in [0.2, 0.25) is 0 Å². The largest absolute Gasteiger partial charge is 0.381 e. The van der Waals surface area contributed by atoms with Gasteiger partial charge in [0.05, 0.1) is 6.20 Å². The fourth-order valence-corrected chi connectivity index (χ4v) is 2.13. The van der Waals surface area contributed by atoms with Gasteiger partial charge in [-0.05, 0) is 54.1 Å². The van der Waals surface area contributed by atoms with Crippen molar-refractivity contribution in [1.82, 2.24) is 9.78 Å². The standard InChI is InChI=1S/C13H16IN3/c1-9-4-5-12(6-13(9)14)15-7-11-8-16-17(3)10(11)2/h4-6,8,15H,7H2,1-3H3. The second-order valence-corrected chi connectivity index (χ2v) is 5.36. The molecule has 1 N–H and O–H groups in total. The van der Waals surface area contributed by atoms with E-state index in [0.717, 1.165) is 12.2 Å². The number of aryl methyl sites for hydroxylation is 2. The summed E-state index contributed by atoms with van der Waals surface area (Å²) in [6, 6.07) is 6.42. The average molecular weight is 341 g/mol. The number of hydrogen-bond donors (Lipinski definition) is 1. The molecule has 0 saturated heterocycles. The number of rotatable bonds is 3. The summed E-state index contributed by atoms with van der Waals surface area (Å²) < 4.78 is 3.19. The van der Waals surface area contributed by atoms with Crippen LogP contribution in [0.5, 0.6) is 0 Å². The molecule has 0 aliphatic heterocycles. The van der Waals surface area contributed by atoms with Crippen LogP contribution in [0.15, 0.2) is 24.4 Å². The lowest BCUT2D eigenvalue weighted by Crippen LogP contribution is -2.01. The van der Waals surface area contributed by atoms with E-state index in [-0.39, 0.29) is 0 Å². The van der Waals surface area contributed by atoms with Crippen LogP contribution in [0.25, 0.3) is 0 Å². The van der Waals surface area contributed by atoms with E-state index in [0.29, 0.717) is 0 Å². The maximum atomic E-state index is 4.24. The Labute approximate surface area is 115 Å². The molecule has 0 radical (unpaired) electrons. The van der Waals surface area contributed by atoms with Crippen LogP contribution in [-0.4, -0.2) is 9.78 Å². The Kier molecular flexibility index (Phi) is 3.71. The number of nitrogens with zero attached hydrogens (tertiary/aromatic N) is 2. The first-order valence-corrected chi connectivity index (χ1v) is 6.63. The number of aromatic nitrogens is 2. The zero-order chi connectivity index (χ0) is 12.4. The number of nitrogens with one attached hydrogen (secondary N) is 1. The molecule has 90 valence electrons. The molecule has 0 bridgehead atoms. The summed E-state index contributed by atoms with van der Waals surface area (Å²) in [7, 11) is 1.97. The lowest BCUT2D eigenvalue weighted by atomic mass is 10.2. The first-order valence-electron chi connectivity index (χ1n) is 5.55. The fourth-order valence-electron chi connectivity index (χ4n) is 1.62. The molecule has 2 aromatic rings. The Hall–Kier alpha value is -1.04. The van der Waals surface area contributed by atoms with Crippen molar-refractivity contribution >= 4 is 28.3 Å². The Morgan fingerprint density at radius 3 is 2.71 bits per heavy atom. The fraction of sp³-hybridized carbons (Fsp3) is 0.308. The molecule has 0 aliphatic carbocycles. The van der Waals surface area contributed by atoms with E-state index in [1.165, 1.54) is 20.4 Å². The van der Waals surface area contributed by atoms with Crippen LogP contribution >= 0.6 is 22.6 Å². The number of halogens is 1. The molecule has 0 spiro atoms. The van der Waals surface area contributed by atoms with Crippen molar-refractivity contribution < 1.29 is 0 Å². The summed E-state index contributed by atoms with van der Waals surface area (Å²) in [6.45, 7) is 5.03. The van der Waals surface area contributed by atoms with Gasteiger partial charge < -0.3 is 5.32 Å². The summed E-state index contributed by atoms with van der Waals surface area (Å²) in [4.78, 5) is 0. The van der Waals surface area contributed by atoms with E-state index in [1.807, 2.05) is 17.9 Å². The molecule has 0 amide bonds. The van der Waals surface area contributed by atoms with Crippen LogP contribution in [-0.2, 0) is 13.6 Å². The van der Waals surface area contributed by atoms with Crippen LogP contribution in [0.1, 0.15) is 16.8 Å². The summed E-state index contributed by atoms with van der Waals surface area (Å²) in [5.41, 5.74) is 4.92. The third kappa shape index (κ3) is 2.80. The minimum Gasteiger partial charge on any atom is -0.381 e. The quantitative estimate of drug-likeness (QED) is 0.869. The first kappa shape index (κ1) is 12.4. The van der Waals surface area contributed by atoms with E-state index in [1.54, 1.807) is 0 Å². The summed E-state index contributed by atoms with van der Waals surface area (Å²) in [5, 5.41) is 7.66. The van der Waals surface area contributed by atoms with Crippen LogP contribution in [0.4, 0.5) is 5.69 Å². The maximum absolute atomic E-state index is 4.24. The van der Waals surface area contributed by atoms with Gasteiger partial charge in [0.1, 0.15) is 0 Å². The molecule has 1 heterocycles. The van der Waals surface area contributed by atoms with E-state index in [9.17, 15) is 0 Å². The molecular weight excluding hydrogens is 325 g/mol. The van der Waals surface area contributed by atoms with Crippen LogP contribution in [0.3, 0.4) is 0 Å². The third-order valence-electron chi connectivity index (χ3n) is 2.99. The van der Waals surface area contributed by atoms with Crippen molar-refractivity contribution in [2.45, 2.75) is 20.4 Å². The smallest absolute Gasteiger partial charge is 0.0542 e. The zero-order valence-electron chi connectivity index (χ0n) is 10.3. The van der Waals surface area contributed by atoms with E-state index >= 15 is 0 Å². The summed E-state index contributed by atoms with van der Waals surface area (Å²) in [6.07, 6.45) is 1.92. The minimum absolute atomic E-state index is 0.818. The van der Waals surface area contributed by atoms with Gasteiger partial charge in [-0.2, -0.15) is 5.10 Å². The van der Waals surface area contributed by atoms with Gasteiger partial charge in [-0.15, -0.1) is 0 Å². The number of anilines is 1. The third-order valence-corrected chi connectivity index (χ3v) is 4.15. The van der Waals surface area contributed by atoms with Gasteiger partial charge in [-0.1, -0.05) is 6.07 Å². The second-order valence-electron chi connectivity index (χ2n) is 4.20. The van der Waals surface area contributed by atoms with E-state index < -0.39 is 0 Å². The molecule has 0 aliphatic rings. The van der Waals surface area contributed by atoms with Gasteiger partial charge in [0.15, 0.2) is 0 Å². The van der Waals surface area contributed by atoms with Crippen LogP contribution in [0, 0.1) is 17.4 Å². The van der Waals surface area contributed by atoms with Gasteiger partial charge in [0.25, 0.3) is 0 Å². The molecule has 17 heavy (non-hydrogen) atoms. The van der Waals surface area contributed by atoms with E-state index in [4.69, 9.17) is 0 Å². The summed E-state index contributed by atoms with van der Waals surface area (Å²) in [5.74, 6) is 0. The van der Waals surface area contributed by atoms with Gasteiger partial charge in [0.2, 0.25) is 0 Å². The highest BCUT2D eigenvalue weighted by molar-refractivity contribution is 14.1. The van der Waals surface area contributed by atoms with Gasteiger partial charge in [-0.25, -0.2) is 0 Å². The number of benzene rings is 1. The van der Waals surface area contributed by atoms with Gasteiger partial charge in [0, 0.05) is 34.1 Å². The lowest BCUT2D eigenvalue weighted by molar-refractivity contribution is 0.738. The second kappa shape index (κ2) is 5.08. The van der Waals surface area contributed by atoms with Crippen molar-refractivity contribution in [1.29, 1.82) is 0 Å². The SMILES string of the molecule is Cc1ccc(NCc2cnn(C)c2C)cc1I.